The van der Waals surface area contributed by atoms with Gasteiger partial charge in [0.1, 0.15) is 0 Å². The number of thiophene rings is 1. The van der Waals surface area contributed by atoms with Crippen LogP contribution in [0.3, 0.4) is 0 Å². The van der Waals surface area contributed by atoms with Crippen LogP contribution in [0.15, 0.2) is 15.9 Å². The molecule has 1 aromatic rings. The molecule has 1 aliphatic heterocycles. The van der Waals surface area contributed by atoms with Gasteiger partial charge in [-0.25, -0.2) is 0 Å². The van der Waals surface area contributed by atoms with Gasteiger partial charge in [-0.15, -0.1) is 23.7 Å². The second kappa shape index (κ2) is 6.00. The van der Waals surface area contributed by atoms with Gasteiger partial charge in [0.25, 0.3) is 5.91 Å². The lowest BCUT2D eigenvalue weighted by Gasteiger charge is -2.30. The Labute approximate surface area is 114 Å². The molecule has 2 N–H and O–H groups in total. The number of hydrogen-bond donors (Lipinski definition) is 1. The summed E-state index contributed by atoms with van der Waals surface area (Å²) in [5.41, 5.74) is 5.85. The number of carbonyl (C=O) groups excluding carboxylic acids is 1. The van der Waals surface area contributed by atoms with Crippen LogP contribution in [-0.2, 0) is 0 Å². The first kappa shape index (κ1) is 14.0. The van der Waals surface area contributed by atoms with Gasteiger partial charge < -0.3 is 10.6 Å². The zero-order valence-corrected chi connectivity index (χ0v) is 11.9. The second-order valence-electron chi connectivity index (χ2n) is 3.78. The molecule has 2 heterocycles. The molecule has 90 valence electrons. The Kier molecular flexibility index (Phi) is 5.24. The van der Waals surface area contributed by atoms with Gasteiger partial charge in [0.2, 0.25) is 0 Å². The number of piperidine rings is 1. The lowest BCUT2D eigenvalue weighted by molar-refractivity contribution is 0.0713. The maximum absolute atomic E-state index is 12.0. The van der Waals surface area contributed by atoms with Crippen LogP contribution in [-0.4, -0.2) is 29.9 Å². The zero-order valence-electron chi connectivity index (χ0n) is 8.69. The Morgan fingerprint density at radius 3 is 2.94 bits per heavy atom. The minimum atomic E-state index is 0. The first-order valence-corrected chi connectivity index (χ1v) is 6.63. The fourth-order valence-electron chi connectivity index (χ4n) is 1.78. The van der Waals surface area contributed by atoms with E-state index >= 15 is 0 Å². The van der Waals surface area contributed by atoms with Gasteiger partial charge in [-0.05, 0) is 34.8 Å². The Hall–Kier alpha value is -0.100. The van der Waals surface area contributed by atoms with E-state index in [1.54, 1.807) is 0 Å². The van der Waals surface area contributed by atoms with Crippen molar-refractivity contribution in [3.63, 3.8) is 0 Å². The molecule has 1 aliphatic rings. The highest BCUT2D eigenvalue weighted by Crippen LogP contribution is 2.22. The summed E-state index contributed by atoms with van der Waals surface area (Å²) in [6.45, 7) is 1.52. The summed E-state index contributed by atoms with van der Waals surface area (Å²) >= 11 is 4.82. The molecule has 1 amide bonds. The van der Waals surface area contributed by atoms with E-state index in [9.17, 15) is 4.79 Å². The molecule has 0 aromatic carbocycles. The number of hydrogen-bond acceptors (Lipinski definition) is 3. The van der Waals surface area contributed by atoms with Crippen molar-refractivity contribution in [1.29, 1.82) is 0 Å². The normalized spacial score (nSPS) is 20.4. The van der Waals surface area contributed by atoms with E-state index in [1.165, 1.54) is 11.3 Å². The van der Waals surface area contributed by atoms with Crippen molar-refractivity contribution in [1.82, 2.24) is 4.90 Å². The van der Waals surface area contributed by atoms with Gasteiger partial charge in [0.05, 0.1) is 4.88 Å². The number of halogens is 2. The maximum Gasteiger partial charge on any atom is 0.264 e. The molecule has 0 spiro atoms. The van der Waals surface area contributed by atoms with Crippen LogP contribution in [0.2, 0.25) is 0 Å². The van der Waals surface area contributed by atoms with Crippen LogP contribution in [0.25, 0.3) is 0 Å². The van der Waals surface area contributed by atoms with Crippen molar-refractivity contribution in [2.24, 2.45) is 5.73 Å². The zero-order chi connectivity index (χ0) is 10.8. The molecule has 16 heavy (non-hydrogen) atoms. The third-order valence-corrected chi connectivity index (χ3v) is 4.20. The van der Waals surface area contributed by atoms with Gasteiger partial charge in [-0.3, -0.25) is 4.79 Å². The lowest BCUT2D eigenvalue weighted by Crippen LogP contribution is -2.45. The highest BCUT2D eigenvalue weighted by atomic mass is 79.9. The van der Waals surface area contributed by atoms with Crippen molar-refractivity contribution in [3.8, 4) is 0 Å². The van der Waals surface area contributed by atoms with Gasteiger partial charge in [0.15, 0.2) is 0 Å². The maximum atomic E-state index is 12.0. The third-order valence-electron chi connectivity index (χ3n) is 2.52. The molecular weight excluding hydrogens is 312 g/mol. The summed E-state index contributed by atoms with van der Waals surface area (Å²) in [4.78, 5) is 14.7. The van der Waals surface area contributed by atoms with Gasteiger partial charge >= 0.3 is 0 Å². The molecule has 0 saturated carbocycles. The van der Waals surface area contributed by atoms with Crippen LogP contribution in [0, 0.1) is 0 Å². The van der Waals surface area contributed by atoms with Crippen molar-refractivity contribution >= 4 is 45.6 Å². The van der Waals surface area contributed by atoms with Crippen LogP contribution in [0.4, 0.5) is 0 Å². The van der Waals surface area contributed by atoms with E-state index in [0.29, 0.717) is 6.54 Å². The van der Waals surface area contributed by atoms with Crippen LogP contribution >= 0.6 is 39.7 Å². The summed E-state index contributed by atoms with van der Waals surface area (Å²) in [5, 5.41) is 1.93. The number of rotatable bonds is 1. The molecular formula is C10H14BrClN2OS. The summed E-state index contributed by atoms with van der Waals surface area (Å²) < 4.78 is 0.970. The van der Waals surface area contributed by atoms with Crippen molar-refractivity contribution in [3.05, 3.63) is 20.8 Å². The predicted molar refractivity (Wildman–Crippen MR) is 72.4 cm³/mol. The van der Waals surface area contributed by atoms with Crippen LogP contribution < -0.4 is 5.73 Å². The number of likely N-dealkylation sites (tertiary alicyclic amines) is 1. The molecule has 1 aromatic heterocycles. The standard InChI is InChI=1S/C10H13BrN2OS.ClH/c11-7-4-9(15-6-7)10(14)13-3-1-2-8(12)5-13;/h4,6,8H,1-3,5,12H2;1H/t8-;/m1./s1. The topological polar surface area (TPSA) is 46.3 Å². The SMILES string of the molecule is Cl.N[C@@H]1CCCN(C(=O)c2cc(Br)cs2)C1. The summed E-state index contributed by atoms with van der Waals surface area (Å²) in [6.07, 6.45) is 2.04. The molecule has 3 nitrogen and oxygen atoms in total. The Morgan fingerprint density at radius 1 is 1.62 bits per heavy atom. The molecule has 1 fully saturated rings. The average Bonchev–Trinajstić information content (AvgIpc) is 2.64. The van der Waals surface area contributed by atoms with Gasteiger partial charge in [-0.2, -0.15) is 0 Å². The molecule has 1 atom stereocenters. The average molecular weight is 326 g/mol. The van der Waals surface area contributed by atoms with E-state index in [0.717, 1.165) is 28.7 Å². The fourth-order valence-corrected chi connectivity index (χ4v) is 3.17. The molecule has 0 unspecified atom stereocenters. The van der Waals surface area contributed by atoms with Crippen LogP contribution in [0.1, 0.15) is 22.5 Å². The summed E-state index contributed by atoms with van der Waals surface area (Å²) in [7, 11) is 0. The monoisotopic (exact) mass is 324 g/mol. The van der Waals surface area contributed by atoms with Crippen molar-refractivity contribution < 1.29 is 4.79 Å². The summed E-state index contributed by atoms with van der Waals surface area (Å²) in [5.74, 6) is 0.112. The Bertz CT molecular complexity index is 371. The number of amides is 1. The van der Waals surface area contributed by atoms with Crippen LogP contribution in [0.5, 0.6) is 0 Å². The van der Waals surface area contributed by atoms with E-state index in [4.69, 9.17) is 5.73 Å². The van der Waals surface area contributed by atoms with E-state index in [2.05, 4.69) is 15.9 Å². The lowest BCUT2D eigenvalue weighted by atomic mass is 10.1. The highest BCUT2D eigenvalue weighted by molar-refractivity contribution is 9.10. The van der Waals surface area contributed by atoms with Crippen molar-refractivity contribution in [2.45, 2.75) is 18.9 Å². The quantitative estimate of drug-likeness (QED) is 0.862. The number of nitrogens with two attached hydrogens (primary N) is 1. The van der Waals surface area contributed by atoms with Gasteiger partial charge in [-0.1, -0.05) is 0 Å². The summed E-state index contributed by atoms with van der Waals surface area (Å²) in [6, 6.07) is 2.01. The van der Waals surface area contributed by atoms with Gasteiger partial charge in [0, 0.05) is 29.0 Å². The molecule has 2 rings (SSSR count). The molecule has 6 heteroatoms. The third kappa shape index (κ3) is 3.20. The fraction of sp³-hybridized carbons (Fsp3) is 0.500. The minimum absolute atomic E-state index is 0. The Morgan fingerprint density at radius 2 is 2.38 bits per heavy atom. The second-order valence-corrected chi connectivity index (χ2v) is 5.61. The first-order valence-electron chi connectivity index (χ1n) is 4.95. The molecule has 0 bridgehead atoms. The smallest absolute Gasteiger partial charge is 0.264 e. The van der Waals surface area contributed by atoms with E-state index in [-0.39, 0.29) is 24.4 Å². The van der Waals surface area contributed by atoms with Crippen molar-refractivity contribution in [2.75, 3.05) is 13.1 Å². The molecule has 0 radical (unpaired) electrons. The minimum Gasteiger partial charge on any atom is -0.336 e. The van der Waals surface area contributed by atoms with E-state index < -0.39 is 0 Å². The Balaban J connectivity index is 0.00000128. The van der Waals surface area contributed by atoms with E-state index in [1.807, 2.05) is 16.3 Å². The first-order chi connectivity index (χ1) is 7.16. The molecule has 0 aliphatic carbocycles. The number of carbonyl (C=O) groups is 1. The molecule has 1 saturated heterocycles. The largest absolute Gasteiger partial charge is 0.336 e. The highest BCUT2D eigenvalue weighted by Gasteiger charge is 2.23. The number of nitrogens with zero attached hydrogens (tertiary/aromatic N) is 1. The predicted octanol–water partition coefficient (Wildman–Crippen LogP) is 2.50.